The van der Waals surface area contributed by atoms with Gasteiger partial charge in [-0.2, -0.15) is 0 Å². The van der Waals surface area contributed by atoms with E-state index in [9.17, 15) is 4.79 Å². The van der Waals surface area contributed by atoms with Crippen molar-refractivity contribution in [3.05, 3.63) is 35.4 Å². The van der Waals surface area contributed by atoms with Crippen LogP contribution >= 0.6 is 0 Å². The zero-order chi connectivity index (χ0) is 14.8. The molecule has 108 valence electrons. The molecule has 1 aliphatic heterocycles. The monoisotopic (exact) mass is 273 g/mol. The zero-order valence-corrected chi connectivity index (χ0v) is 12.7. The maximum absolute atomic E-state index is 12.2. The van der Waals surface area contributed by atoms with Crippen LogP contribution in [0.3, 0.4) is 0 Å². The number of amides is 1. The normalized spacial score (nSPS) is 24.1. The smallest absolute Gasteiger partial charge is 0.256 e. The number of nitrogens with one attached hydrogen (secondary N) is 2. The Bertz CT molecular complexity index is 519. The summed E-state index contributed by atoms with van der Waals surface area (Å²) in [5, 5.41) is 6.02. The summed E-state index contributed by atoms with van der Waals surface area (Å²) in [6.07, 6.45) is 0.959. The average Bonchev–Trinajstić information content (AvgIpc) is 2.73. The highest BCUT2D eigenvalue weighted by atomic mass is 16.2. The van der Waals surface area contributed by atoms with Crippen LogP contribution in [0.4, 0.5) is 0 Å². The van der Waals surface area contributed by atoms with Crippen molar-refractivity contribution in [1.82, 2.24) is 10.6 Å². The Kier molecular flexibility index (Phi) is 4.12. The van der Waals surface area contributed by atoms with Crippen LogP contribution in [0.25, 0.3) is 0 Å². The van der Waals surface area contributed by atoms with Crippen LogP contribution in [-0.2, 0) is 10.3 Å². The number of nitrogens with zero attached hydrogens (tertiary/aromatic N) is 1. The molecule has 1 unspecified atom stereocenters. The van der Waals surface area contributed by atoms with E-state index in [-0.39, 0.29) is 5.91 Å². The fraction of sp³-hybridized carbons (Fsp3) is 0.500. The van der Waals surface area contributed by atoms with Crippen molar-refractivity contribution in [1.29, 1.82) is 0 Å². The second kappa shape index (κ2) is 5.65. The van der Waals surface area contributed by atoms with Gasteiger partial charge in [-0.05, 0) is 30.4 Å². The fourth-order valence-electron chi connectivity index (χ4n) is 2.26. The molecule has 1 fully saturated rings. The molecule has 1 aromatic rings. The van der Waals surface area contributed by atoms with Crippen molar-refractivity contribution in [2.45, 2.75) is 45.6 Å². The molecule has 4 nitrogen and oxygen atoms in total. The number of aliphatic imine (C=N–C) groups is 1. The number of carbonyl (C=O) groups is 1. The van der Waals surface area contributed by atoms with Crippen molar-refractivity contribution >= 4 is 11.9 Å². The van der Waals surface area contributed by atoms with Gasteiger partial charge in [-0.3, -0.25) is 15.1 Å². The molecule has 0 aliphatic carbocycles. The van der Waals surface area contributed by atoms with E-state index in [4.69, 9.17) is 0 Å². The van der Waals surface area contributed by atoms with Gasteiger partial charge in [0.25, 0.3) is 5.91 Å². The summed E-state index contributed by atoms with van der Waals surface area (Å²) in [6, 6.07) is 8.21. The van der Waals surface area contributed by atoms with Crippen molar-refractivity contribution < 1.29 is 4.79 Å². The first-order valence-corrected chi connectivity index (χ1v) is 7.22. The summed E-state index contributed by atoms with van der Waals surface area (Å²) in [5.41, 5.74) is 1.50. The highest BCUT2D eigenvalue weighted by Gasteiger charge is 2.42. The third kappa shape index (κ3) is 2.69. The largest absolute Gasteiger partial charge is 0.338 e. The first kappa shape index (κ1) is 14.6. The molecule has 0 spiro atoms. The first-order chi connectivity index (χ1) is 9.47. The van der Waals surface area contributed by atoms with Crippen LogP contribution in [0.15, 0.2) is 29.3 Å². The summed E-state index contributed by atoms with van der Waals surface area (Å²) in [6.45, 7) is 8.98. The predicted molar refractivity (Wildman–Crippen MR) is 81.8 cm³/mol. The molecule has 0 bridgehead atoms. The van der Waals surface area contributed by atoms with E-state index in [2.05, 4.69) is 48.5 Å². The number of benzene rings is 1. The van der Waals surface area contributed by atoms with Gasteiger partial charge in [0.1, 0.15) is 5.54 Å². The van der Waals surface area contributed by atoms with Crippen LogP contribution in [0.5, 0.6) is 0 Å². The van der Waals surface area contributed by atoms with Gasteiger partial charge in [-0.15, -0.1) is 0 Å². The minimum absolute atomic E-state index is 0.0512. The minimum atomic E-state index is -0.734. The molecular formula is C16H23N3O. The second-order valence-electron chi connectivity index (χ2n) is 5.71. The molecule has 2 rings (SSSR count). The molecule has 0 saturated carbocycles. The SMILES string of the molecule is CCCN=C1NC(=O)C(C)(c2ccc(C(C)C)cc2)N1. The van der Waals surface area contributed by atoms with E-state index in [0.717, 1.165) is 12.0 Å². The summed E-state index contributed by atoms with van der Waals surface area (Å²) in [5.74, 6) is 1.01. The lowest BCUT2D eigenvalue weighted by Crippen LogP contribution is -2.40. The number of carbonyl (C=O) groups excluding carboxylic acids is 1. The molecule has 20 heavy (non-hydrogen) atoms. The maximum Gasteiger partial charge on any atom is 0.256 e. The quantitative estimate of drug-likeness (QED) is 0.885. The molecule has 0 radical (unpaired) electrons. The van der Waals surface area contributed by atoms with Crippen molar-refractivity contribution in [3.8, 4) is 0 Å². The van der Waals surface area contributed by atoms with Gasteiger partial charge in [0.15, 0.2) is 5.96 Å². The van der Waals surface area contributed by atoms with Crippen LogP contribution < -0.4 is 10.6 Å². The van der Waals surface area contributed by atoms with E-state index in [1.165, 1.54) is 5.56 Å². The molecule has 1 aliphatic rings. The van der Waals surface area contributed by atoms with E-state index < -0.39 is 5.54 Å². The molecule has 1 atom stereocenters. The summed E-state index contributed by atoms with van der Waals surface area (Å²) < 4.78 is 0. The summed E-state index contributed by atoms with van der Waals surface area (Å²) in [4.78, 5) is 16.6. The molecule has 1 saturated heterocycles. The Morgan fingerprint density at radius 2 is 1.90 bits per heavy atom. The van der Waals surface area contributed by atoms with Crippen molar-refractivity contribution in [3.63, 3.8) is 0 Å². The first-order valence-electron chi connectivity index (χ1n) is 7.22. The van der Waals surface area contributed by atoms with Gasteiger partial charge in [0.2, 0.25) is 0 Å². The minimum Gasteiger partial charge on any atom is -0.338 e. The van der Waals surface area contributed by atoms with E-state index >= 15 is 0 Å². The van der Waals surface area contributed by atoms with E-state index in [1.807, 2.05) is 19.1 Å². The Balaban J connectivity index is 2.24. The number of rotatable bonds is 4. The van der Waals surface area contributed by atoms with Crippen LogP contribution in [0, 0.1) is 0 Å². The number of hydrogen-bond acceptors (Lipinski definition) is 2. The predicted octanol–water partition coefficient (Wildman–Crippen LogP) is 2.51. The van der Waals surface area contributed by atoms with Gasteiger partial charge in [-0.1, -0.05) is 45.0 Å². The molecule has 4 heteroatoms. The number of guanidine groups is 1. The van der Waals surface area contributed by atoms with Crippen LogP contribution in [0.2, 0.25) is 0 Å². The maximum atomic E-state index is 12.2. The second-order valence-corrected chi connectivity index (χ2v) is 5.71. The van der Waals surface area contributed by atoms with Gasteiger partial charge in [-0.25, -0.2) is 0 Å². The van der Waals surface area contributed by atoms with Gasteiger partial charge in [0.05, 0.1) is 0 Å². The third-order valence-electron chi connectivity index (χ3n) is 3.70. The lowest BCUT2D eigenvalue weighted by Gasteiger charge is -2.22. The molecule has 1 amide bonds. The number of hydrogen-bond donors (Lipinski definition) is 2. The van der Waals surface area contributed by atoms with Gasteiger partial charge >= 0.3 is 0 Å². The molecule has 0 aromatic heterocycles. The highest BCUT2D eigenvalue weighted by Crippen LogP contribution is 2.26. The molecular weight excluding hydrogens is 250 g/mol. The average molecular weight is 273 g/mol. The summed E-state index contributed by atoms with van der Waals surface area (Å²) in [7, 11) is 0. The van der Waals surface area contributed by atoms with Crippen molar-refractivity contribution in [2.75, 3.05) is 6.54 Å². The Morgan fingerprint density at radius 3 is 2.45 bits per heavy atom. The Labute approximate surface area is 120 Å². The lowest BCUT2D eigenvalue weighted by molar-refractivity contribution is -0.123. The highest BCUT2D eigenvalue weighted by molar-refractivity contribution is 6.09. The van der Waals surface area contributed by atoms with Crippen LogP contribution in [-0.4, -0.2) is 18.4 Å². The molecule has 1 aromatic carbocycles. The third-order valence-corrected chi connectivity index (χ3v) is 3.70. The van der Waals surface area contributed by atoms with E-state index in [0.29, 0.717) is 18.4 Å². The Morgan fingerprint density at radius 1 is 1.25 bits per heavy atom. The molecule has 1 heterocycles. The van der Waals surface area contributed by atoms with Crippen molar-refractivity contribution in [2.24, 2.45) is 4.99 Å². The molecule has 2 N–H and O–H groups in total. The lowest BCUT2D eigenvalue weighted by atomic mass is 9.90. The van der Waals surface area contributed by atoms with E-state index in [1.54, 1.807) is 0 Å². The summed E-state index contributed by atoms with van der Waals surface area (Å²) >= 11 is 0. The topological polar surface area (TPSA) is 53.5 Å². The van der Waals surface area contributed by atoms with Gasteiger partial charge < -0.3 is 5.32 Å². The van der Waals surface area contributed by atoms with Gasteiger partial charge in [0, 0.05) is 6.54 Å². The van der Waals surface area contributed by atoms with Crippen LogP contribution in [0.1, 0.15) is 51.2 Å². The zero-order valence-electron chi connectivity index (χ0n) is 12.7. The standard InChI is InChI=1S/C16H23N3O/c1-5-10-17-15-18-14(20)16(4,19-15)13-8-6-12(7-9-13)11(2)3/h6-9,11H,5,10H2,1-4H3,(H2,17,18,19,20). The fourth-order valence-corrected chi connectivity index (χ4v) is 2.26. The Hall–Kier alpha value is -1.84.